The molecule has 0 bridgehead atoms. The van der Waals surface area contributed by atoms with Crippen LogP contribution >= 0.6 is 0 Å². The molecule has 2 aliphatic carbocycles. The molecule has 0 aliphatic heterocycles. The van der Waals surface area contributed by atoms with Crippen molar-refractivity contribution in [2.24, 2.45) is 0 Å². The molecule has 0 saturated carbocycles. The molecule has 3 heteroatoms. The van der Waals surface area contributed by atoms with Crippen molar-refractivity contribution in [2.75, 3.05) is 4.90 Å². The molecule has 14 rings (SSSR count). The van der Waals surface area contributed by atoms with Gasteiger partial charge in [0.15, 0.2) is 0 Å². The topological polar surface area (TPSA) is 21.3 Å². The Morgan fingerprint density at radius 2 is 0.944 bits per heavy atom. The van der Waals surface area contributed by atoms with Crippen LogP contribution in [0.25, 0.3) is 98.8 Å². The Bertz CT molecular complexity index is 4190. The summed E-state index contributed by atoms with van der Waals surface area (Å²) < 4.78 is 8.99. The van der Waals surface area contributed by atoms with Crippen molar-refractivity contribution in [1.82, 2.24) is 4.57 Å². The number of rotatable bonds is 6. The minimum Gasteiger partial charge on any atom is -0.455 e. The van der Waals surface area contributed by atoms with Gasteiger partial charge in [0.1, 0.15) is 11.2 Å². The van der Waals surface area contributed by atoms with Gasteiger partial charge in [-0.3, -0.25) is 0 Å². The lowest BCUT2D eigenvalue weighted by Gasteiger charge is -2.28. The third kappa shape index (κ3) is 6.65. The molecule has 2 aromatic heterocycles. The Labute approximate surface area is 419 Å². The average molecular weight is 923 g/mol. The molecule has 0 atom stereocenters. The lowest BCUT2D eigenvalue weighted by molar-refractivity contribution is 0.660. The molecule has 0 N–H and O–H groups in total. The van der Waals surface area contributed by atoms with Crippen molar-refractivity contribution in [3.63, 3.8) is 0 Å². The summed E-state index contributed by atoms with van der Waals surface area (Å²) in [6.07, 6.45) is 8.82. The van der Waals surface area contributed by atoms with Crippen LogP contribution in [-0.2, 0) is 5.41 Å². The smallest absolute Gasteiger partial charge is 0.143 e. The predicted molar refractivity (Wildman–Crippen MR) is 305 cm³/mol. The minimum absolute atomic E-state index is 0.305. The molecular formula is C69H50N2O. The van der Waals surface area contributed by atoms with Gasteiger partial charge in [-0.05, 0) is 140 Å². The lowest BCUT2D eigenvalue weighted by atomic mass is 9.82. The highest BCUT2D eigenvalue weighted by molar-refractivity contribution is 6.19. The average Bonchev–Trinajstić information content (AvgIpc) is 3.94. The van der Waals surface area contributed by atoms with Crippen molar-refractivity contribution in [2.45, 2.75) is 32.1 Å². The molecule has 342 valence electrons. The van der Waals surface area contributed by atoms with Crippen molar-refractivity contribution >= 4 is 87.9 Å². The van der Waals surface area contributed by atoms with E-state index >= 15 is 0 Å². The molecule has 0 unspecified atom stereocenters. The number of benzene rings is 10. The Kier molecular flexibility index (Phi) is 9.69. The molecule has 0 amide bonds. The van der Waals surface area contributed by atoms with E-state index in [-0.39, 0.29) is 5.41 Å². The van der Waals surface area contributed by atoms with Crippen LogP contribution in [0.1, 0.15) is 43.4 Å². The Morgan fingerprint density at radius 3 is 1.57 bits per heavy atom. The molecule has 2 heterocycles. The third-order valence-corrected chi connectivity index (χ3v) is 15.5. The van der Waals surface area contributed by atoms with Crippen LogP contribution in [0.5, 0.6) is 0 Å². The van der Waals surface area contributed by atoms with Gasteiger partial charge in [-0.1, -0.05) is 190 Å². The van der Waals surface area contributed by atoms with Crippen LogP contribution in [0.15, 0.2) is 247 Å². The Hall–Kier alpha value is -8.92. The summed E-state index contributed by atoms with van der Waals surface area (Å²) in [5.41, 5.74) is 18.3. The summed E-state index contributed by atoms with van der Waals surface area (Å²) in [5, 5.41) is 9.59. The summed E-state index contributed by atoms with van der Waals surface area (Å²) in [6, 6.07) is 82.8. The zero-order valence-electron chi connectivity index (χ0n) is 40.3. The molecule has 72 heavy (non-hydrogen) atoms. The van der Waals surface area contributed by atoms with E-state index in [4.69, 9.17) is 4.42 Å². The van der Waals surface area contributed by atoms with Crippen LogP contribution in [0, 0.1) is 0 Å². The van der Waals surface area contributed by atoms with E-state index in [0.29, 0.717) is 0 Å². The first-order valence-corrected chi connectivity index (χ1v) is 25.2. The minimum atomic E-state index is -0.305. The molecule has 3 nitrogen and oxygen atoms in total. The number of furan rings is 1. The first-order chi connectivity index (χ1) is 35.5. The quantitative estimate of drug-likeness (QED) is 0.166. The fraction of sp³-hybridized carbons (Fsp3) is 0.0725. The van der Waals surface area contributed by atoms with Gasteiger partial charge in [0.05, 0.1) is 11.0 Å². The highest BCUT2D eigenvalue weighted by Crippen LogP contribution is 2.52. The van der Waals surface area contributed by atoms with Gasteiger partial charge in [0.2, 0.25) is 0 Å². The first-order valence-electron chi connectivity index (χ1n) is 25.2. The number of para-hydroxylation sites is 4. The van der Waals surface area contributed by atoms with Crippen LogP contribution in [0.2, 0.25) is 0 Å². The lowest BCUT2D eigenvalue weighted by Crippen LogP contribution is -2.17. The summed E-state index contributed by atoms with van der Waals surface area (Å²) in [7, 11) is 0. The normalized spacial score (nSPS) is 13.7. The summed E-state index contributed by atoms with van der Waals surface area (Å²) >= 11 is 0. The van der Waals surface area contributed by atoms with Crippen LogP contribution < -0.4 is 4.90 Å². The van der Waals surface area contributed by atoms with Crippen molar-refractivity contribution in [3.8, 4) is 27.9 Å². The monoisotopic (exact) mass is 922 g/mol. The van der Waals surface area contributed by atoms with Crippen molar-refractivity contribution in [3.05, 3.63) is 259 Å². The molecule has 10 aromatic carbocycles. The number of hydrogen-bond acceptors (Lipinski definition) is 2. The van der Waals surface area contributed by atoms with E-state index in [0.717, 1.165) is 79.7 Å². The van der Waals surface area contributed by atoms with Gasteiger partial charge in [-0.25, -0.2) is 0 Å². The number of aromatic nitrogens is 1. The van der Waals surface area contributed by atoms with E-state index < -0.39 is 0 Å². The van der Waals surface area contributed by atoms with Gasteiger partial charge in [-0.2, -0.15) is 0 Å². The van der Waals surface area contributed by atoms with E-state index in [1.165, 1.54) is 65.7 Å². The second-order valence-corrected chi connectivity index (χ2v) is 19.9. The second-order valence-electron chi connectivity index (χ2n) is 19.9. The fourth-order valence-corrected chi connectivity index (χ4v) is 12.0. The Balaban J connectivity index is 0.917. The van der Waals surface area contributed by atoms with Gasteiger partial charge in [0.25, 0.3) is 0 Å². The number of hydrogen-bond donors (Lipinski definition) is 0. The summed E-state index contributed by atoms with van der Waals surface area (Å²) in [4.78, 5) is 2.42. The molecule has 2 aliphatic rings. The predicted octanol–water partition coefficient (Wildman–Crippen LogP) is 19.3. The highest BCUT2D eigenvalue weighted by atomic mass is 16.3. The van der Waals surface area contributed by atoms with Crippen LogP contribution in [-0.4, -0.2) is 4.57 Å². The van der Waals surface area contributed by atoms with Crippen LogP contribution in [0.3, 0.4) is 0 Å². The number of allylic oxidation sites excluding steroid dienone is 4. The van der Waals surface area contributed by atoms with E-state index in [1.807, 2.05) is 6.07 Å². The second kappa shape index (κ2) is 16.6. The zero-order valence-corrected chi connectivity index (χ0v) is 40.3. The fourth-order valence-electron chi connectivity index (χ4n) is 12.0. The molecule has 0 spiro atoms. The van der Waals surface area contributed by atoms with Gasteiger partial charge in [-0.15, -0.1) is 0 Å². The molecule has 12 aromatic rings. The third-order valence-electron chi connectivity index (χ3n) is 15.5. The summed E-state index contributed by atoms with van der Waals surface area (Å²) in [5.74, 6) is 0. The van der Waals surface area contributed by atoms with E-state index in [9.17, 15) is 0 Å². The largest absolute Gasteiger partial charge is 0.455 e. The van der Waals surface area contributed by atoms with Gasteiger partial charge in [0, 0.05) is 55.3 Å². The first kappa shape index (κ1) is 42.0. The SMILES string of the molecule is CC1(C)c2cc(N(c3ccc(C4=CC=CCC4)cc3)c3ccc(-c4cccc5c4oc4ccccc45)cc3)ccc2-c2ccc(-n3c4ccccc4c4ccccc4c4ccccc4c4ccccc43)cc21. The standard InChI is InChI=1S/C69H50N2O/c1-69(2)63-43-50(70(48-35-31-46(32-36-48)45-17-4-3-5-18-45)49-37-33-47(34-38-49)52-26-16-27-62-61-25-12-15-30-67(61)72-68(52)62)39-41-57(63)58-42-40-51(44-64(58)69)71-65-28-13-10-23-59(65)55-21-8-6-19-53(55)54-20-7-9-22-56(54)60-24-11-14-29-66(60)71/h3-4,6-17,19-44H,5,18H2,1-2H3. The molecule has 0 radical (unpaired) electrons. The van der Waals surface area contributed by atoms with Crippen molar-refractivity contribution < 1.29 is 4.42 Å². The van der Waals surface area contributed by atoms with E-state index in [1.54, 1.807) is 0 Å². The molecule has 0 fully saturated rings. The maximum Gasteiger partial charge on any atom is 0.143 e. The number of anilines is 3. The van der Waals surface area contributed by atoms with Crippen molar-refractivity contribution in [1.29, 1.82) is 0 Å². The highest BCUT2D eigenvalue weighted by Gasteiger charge is 2.36. The number of nitrogens with zero attached hydrogens (tertiary/aromatic N) is 2. The van der Waals surface area contributed by atoms with Gasteiger partial charge < -0.3 is 13.9 Å². The zero-order chi connectivity index (χ0) is 47.9. The maximum absolute atomic E-state index is 6.50. The molecular weight excluding hydrogens is 873 g/mol. The van der Waals surface area contributed by atoms with E-state index in [2.05, 4.69) is 260 Å². The Morgan fingerprint density at radius 1 is 0.431 bits per heavy atom. The number of fused-ring (bicyclic) bond motifs is 13. The summed E-state index contributed by atoms with van der Waals surface area (Å²) in [6.45, 7) is 4.80. The maximum atomic E-state index is 6.50. The van der Waals surface area contributed by atoms with Crippen LogP contribution in [0.4, 0.5) is 17.1 Å². The molecule has 0 saturated heterocycles. The van der Waals surface area contributed by atoms with Gasteiger partial charge >= 0.3 is 0 Å².